The third-order valence-electron chi connectivity index (χ3n) is 1.48. The molecule has 0 aromatic heterocycles. The van der Waals surface area contributed by atoms with E-state index in [1.807, 2.05) is 19.0 Å². The highest BCUT2D eigenvalue weighted by molar-refractivity contribution is 5.67. The Morgan fingerprint density at radius 1 is 1.58 bits per heavy atom. The molecule has 1 atom stereocenters. The van der Waals surface area contributed by atoms with E-state index >= 15 is 0 Å². The van der Waals surface area contributed by atoms with Gasteiger partial charge < -0.3 is 10.0 Å². The van der Waals surface area contributed by atoms with Gasteiger partial charge in [0.15, 0.2) is 11.9 Å². The minimum atomic E-state index is -1.46. The standard InChI is InChI=1S/C9H15NO2/c1-4-5-9(12,8-11)6-7-10(2)3/h8,12H,6-7H2,1-3H3. The molecule has 1 unspecified atom stereocenters. The molecule has 68 valence electrons. The number of hydrogen-bond acceptors (Lipinski definition) is 3. The van der Waals surface area contributed by atoms with Crippen LogP contribution in [-0.4, -0.2) is 42.5 Å². The molecule has 0 saturated heterocycles. The quantitative estimate of drug-likeness (QED) is 0.471. The summed E-state index contributed by atoms with van der Waals surface area (Å²) in [5, 5.41) is 9.50. The molecule has 0 spiro atoms. The molecule has 0 aromatic rings. The minimum absolute atomic E-state index is 0.352. The molecular weight excluding hydrogens is 154 g/mol. The second-order valence-corrected chi connectivity index (χ2v) is 2.97. The Morgan fingerprint density at radius 3 is 2.50 bits per heavy atom. The third-order valence-corrected chi connectivity index (χ3v) is 1.48. The molecule has 0 fully saturated rings. The molecule has 0 heterocycles. The van der Waals surface area contributed by atoms with Gasteiger partial charge in [0.25, 0.3) is 0 Å². The first-order valence-electron chi connectivity index (χ1n) is 3.81. The highest BCUT2D eigenvalue weighted by Gasteiger charge is 2.22. The molecule has 0 rings (SSSR count). The smallest absolute Gasteiger partial charge is 0.182 e. The Labute approximate surface area is 73.4 Å². The second kappa shape index (κ2) is 4.91. The topological polar surface area (TPSA) is 40.5 Å². The van der Waals surface area contributed by atoms with Crippen LogP contribution in [0.2, 0.25) is 0 Å². The van der Waals surface area contributed by atoms with E-state index in [9.17, 15) is 9.90 Å². The van der Waals surface area contributed by atoms with E-state index in [0.29, 0.717) is 19.3 Å². The summed E-state index contributed by atoms with van der Waals surface area (Å²) in [4.78, 5) is 12.4. The summed E-state index contributed by atoms with van der Waals surface area (Å²) in [5.41, 5.74) is -1.46. The molecule has 0 amide bonds. The number of nitrogens with zero attached hydrogens (tertiary/aromatic N) is 1. The summed E-state index contributed by atoms with van der Waals surface area (Å²) < 4.78 is 0. The zero-order valence-corrected chi connectivity index (χ0v) is 7.79. The summed E-state index contributed by atoms with van der Waals surface area (Å²) in [6.07, 6.45) is 0.845. The van der Waals surface area contributed by atoms with Gasteiger partial charge in [-0.2, -0.15) is 0 Å². The molecule has 0 aromatic carbocycles. The van der Waals surface area contributed by atoms with E-state index in [1.165, 1.54) is 0 Å². The van der Waals surface area contributed by atoms with Gasteiger partial charge in [-0.1, -0.05) is 5.92 Å². The zero-order chi connectivity index (χ0) is 9.61. The van der Waals surface area contributed by atoms with E-state index in [-0.39, 0.29) is 0 Å². The molecule has 0 aliphatic rings. The predicted octanol–water partition coefficient (Wildman–Crippen LogP) is -0.109. The fourth-order valence-corrected chi connectivity index (χ4v) is 0.761. The lowest BCUT2D eigenvalue weighted by molar-refractivity contribution is -0.119. The lowest BCUT2D eigenvalue weighted by atomic mass is 10.0. The van der Waals surface area contributed by atoms with Crippen LogP contribution >= 0.6 is 0 Å². The van der Waals surface area contributed by atoms with Gasteiger partial charge in [0.05, 0.1) is 0 Å². The summed E-state index contributed by atoms with van der Waals surface area (Å²) >= 11 is 0. The summed E-state index contributed by atoms with van der Waals surface area (Å²) in [5.74, 6) is 5.01. The van der Waals surface area contributed by atoms with Gasteiger partial charge in [-0.05, 0) is 21.0 Å². The lowest BCUT2D eigenvalue weighted by Gasteiger charge is -2.17. The number of carbonyl (C=O) groups excluding carboxylic acids is 1. The first-order valence-corrected chi connectivity index (χ1v) is 3.81. The Bertz CT molecular complexity index is 202. The summed E-state index contributed by atoms with van der Waals surface area (Å²) in [7, 11) is 3.76. The van der Waals surface area contributed by atoms with Crippen LogP contribution in [0.4, 0.5) is 0 Å². The number of hydrogen-bond donors (Lipinski definition) is 1. The normalized spacial score (nSPS) is 14.8. The lowest BCUT2D eigenvalue weighted by Crippen LogP contribution is -2.32. The maximum Gasteiger partial charge on any atom is 0.182 e. The van der Waals surface area contributed by atoms with Crippen molar-refractivity contribution < 1.29 is 9.90 Å². The number of aliphatic hydroxyl groups is 1. The first-order chi connectivity index (χ1) is 5.54. The van der Waals surface area contributed by atoms with Gasteiger partial charge in [-0.15, -0.1) is 5.92 Å². The number of rotatable bonds is 4. The third kappa shape index (κ3) is 4.12. The Kier molecular flexibility index (Phi) is 4.57. The predicted molar refractivity (Wildman–Crippen MR) is 47.6 cm³/mol. The van der Waals surface area contributed by atoms with Crippen molar-refractivity contribution in [3.05, 3.63) is 0 Å². The van der Waals surface area contributed by atoms with Gasteiger partial charge in [0.2, 0.25) is 0 Å². The fraction of sp³-hybridized carbons (Fsp3) is 0.667. The SMILES string of the molecule is CC#CC(O)(C=O)CCN(C)C. The summed E-state index contributed by atoms with van der Waals surface area (Å²) in [6, 6.07) is 0. The highest BCUT2D eigenvalue weighted by Crippen LogP contribution is 2.05. The maximum absolute atomic E-state index is 10.5. The van der Waals surface area contributed by atoms with Crippen molar-refractivity contribution >= 4 is 6.29 Å². The van der Waals surface area contributed by atoms with Crippen molar-refractivity contribution in [3.63, 3.8) is 0 Å². The van der Waals surface area contributed by atoms with E-state index in [0.717, 1.165) is 0 Å². The van der Waals surface area contributed by atoms with E-state index in [2.05, 4.69) is 11.8 Å². The van der Waals surface area contributed by atoms with E-state index in [1.54, 1.807) is 6.92 Å². The van der Waals surface area contributed by atoms with Crippen molar-refractivity contribution in [2.45, 2.75) is 18.9 Å². The minimum Gasteiger partial charge on any atom is -0.371 e. The van der Waals surface area contributed by atoms with Crippen molar-refractivity contribution in [1.82, 2.24) is 4.90 Å². The molecular formula is C9H15NO2. The number of carbonyl (C=O) groups is 1. The Morgan fingerprint density at radius 2 is 2.17 bits per heavy atom. The van der Waals surface area contributed by atoms with E-state index < -0.39 is 5.60 Å². The van der Waals surface area contributed by atoms with Gasteiger partial charge in [-0.3, -0.25) is 4.79 Å². The summed E-state index contributed by atoms with van der Waals surface area (Å²) in [6.45, 7) is 2.24. The van der Waals surface area contributed by atoms with Crippen LogP contribution in [0, 0.1) is 11.8 Å². The van der Waals surface area contributed by atoms with Crippen LogP contribution in [0.1, 0.15) is 13.3 Å². The van der Waals surface area contributed by atoms with Gasteiger partial charge >= 0.3 is 0 Å². The van der Waals surface area contributed by atoms with Crippen LogP contribution in [0.3, 0.4) is 0 Å². The molecule has 0 saturated carbocycles. The molecule has 0 aliphatic carbocycles. The molecule has 0 bridgehead atoms. The van der Waals surface area contributed by atoms with Crippen LogP contribution in [0.25, 0.3) is 0 Å². The van der Waals surface area contributed by atoms with E-state index in [4.69, 9.17) is 0 Å². The van der Waals surface area contributed by atoms with Crippen LogP contribution in [0.5, 0.6) is 0 Å². The average molecular weight is 169 g/mol. The first kappa shape index (κ1) is 11.2. The van der Waals surface area contributed by atoms with Crippen LogP contribution in [-0.2, 0) is 4.79 Å². The molecule has 1 N–H and O–H groups in total. The Hall–Kier alpha value is -0.850. The molecule has 0 aliphatic heterocycles. The monoisotopic (exact) mass is 169 g/mol. The zero-order valence-electron chi connectivity index (χ0n) is 7.79. The van der Waals surface area contributed by atoms with Crippen molar-refractivity contribution in [3.8, 4) is 11.8 Å². The largest absolute Gasteiger partial charge is 0.371 e. The Balaban J connectivity index is 4.12. The van der Waals surface area contributed by atoms with Gasteiger partial charge in [0, 0.05) is 13.0 Å². The van der Waals surface area contributed by atoms with Crippen LogP contribution < -0.4 is 0 Å². The van der Waals surface area contributed by atoms with Crippen molar-refractivity contribution in [2.75, 3.05) is 20.6 Å². The molecule has 3 nitrogen and oxygen atoms in total. The van der Waals surface area contributed by atoms with Gasteiger partial charge in [0.1, 0.15) is 0 Å². The fourth-order valence-electron chi connectivity index (χ4n) is 0.761. The molecule has 3 heteroatoms. The van der Waals surface area contributed by atoms with Gasteiger partial charge in [-0.25, -0.2) is 0 Å². The van der Waals surface area contributed by atoms with Crippen molar-refractivity contribution in [2.24, 2.45) is 0 Å². The highest BCUT2D eigenvalue weighted by atomic mass is 16.3. The average Bonchev–Trinajstić information content (AvgIpc) is 2.02. The van der Waals surface area contributed by atoms with Crippen molar-refractivity contribution in [1.29, 1.82) is 0 Å². The molecule has 0 radical (unpaired) electrons. The number of aldehydes is 1. The molecule has 12 heavy (non-hydrogen) atoms. The maximum atomic E-state index is 10.5. The second-order valence-electron chi connectivity index (χ2n) is 2.97. The van der Waals surface area contributed by atoms with Crippen LogP contribution in [0.15, 0.2) is 0 Å².